The zero-order valence-corrected chi connectivity index (χ0v) is 12.5. The van der Waals surface area contributed by atoms with E-state index in [1.807, 2.05) is 24.3 Å². The Morgan fingerprint density at radius 2 is 1.65 bits per heavy atom. The summed E-state index contributed by atoms with van der Waals surface area (Å²) in [7, 11) is -3.14. The first-order valence-corrected chi connectivity index (χ1v) is 8.93. The van der Waals surface area contributed by atoms with Crippen LogP contribution in [0.3, 0.4) is 0 Å². The predicted molar refractivity (Wildman–Crippen MR) is 80.6 cm³/mol. The smallest absolute Gasteiger partial charge is 0.217 e. The van der Waals surface area contributed by atoms with E-state index in [9.17, 15) is 8.42 Å². The Bertz CT molecular complexity index is 558. The summed E-state index contributed by atoms with van der Waals surface area (Å²) >= 11 is 0. The molecule has 3 rings (SSSR count). The van der Waals surface area contributed by atoms with Gasteiger partial charge in [0.15, 0.2) is 0 Å². The Labute approximate surface area is 121 Å². The van der Waals surface area contributed by atoms with E-state index in [2.05, 4.69) is 0 Å². The van der Waals surface area contributed by atoms with E-state index >= 15 is 0 Å². The molecule has 0 atom stereocenters. The van der Waals surface area contributed by atoms with Crippen LogP contribution in [0.4, 0.5) is 5.69 Å². The molecule has 110 valence electrons. The van der Waals surface area contributed by atoms with Crippen molar-refractivity contribution in [2.75, 3.05) is 5.73 Å². The van der Waals surface area contributed by atoms with E-state index in [0.717, 1.165) is 44.1 Å². The first-order valence-electron chi connectivity index (χ1n) is 7.42. The van der Waals surface area contributed by atoms with Crippen molar-refractivity contribution in [3.05, 3.63) is 29.8 Å². The molecule has 0 aromatic heterocycles. The topological polar surface area (TPSA) is 63.4 Å². The van der Waals surface area contributed by atoms with Crippen molar-refractivity contribution in [2.45, 2.75) is 56.4 Å². The fourth-order valence-corrected chi connectivity index (χ4v) is 5.24. The van der Waals surface area contributed by atoms with Crippen molar-refractivity contribution in [3.63, 3.8) is 0 Å². The van der Waals surface area contributed by atoms with Gasteiger partial charge >= 0.3 is 0 Å². The molecule has 1 aromatic carbocycles. The van der Waals surface area contributed by atoms with Gasteiger partial charge in [0.1, 0.15) is 0 Å². The van der Waals surface area contributed by atoms with Crippen LogP contribution in [0.2, 0.25) is 0 Å². The summed E-state index contributed by atoms with van der Waals surface area (Å²) in [6.45, 7) is 0.490. The Morgan fingerprint density at radius 3 is 2.20 bits per heavy atom. The fourth-order valence-electron chi connectivity index (χ4n) is 2.97. The Morgan fingerprint density at radius 1 is 1.05 bits per heavy atom. The highest BCUT2D eigenvalue weighted by atomic mass is 32.2. The van der Waals surface area contributed by atoms with Gasteiger partial charge in [-0.15, -0.1) is 0 Å². The number of hydrogen-bond donors (Lipinski definition) is 1. The first-order chi connectivity index (χ1) is 9.57. The lowest BCUT2D eigenvalue weighted by Crippen LogP contribution is -2.38. The van der Waals surface area contributed by atoms with Gasteiger partial charge in [0.05, 0.1) is 5.25 Å². The average Bonchev–Trinajstić information content (AvgIpc) is 3.09. The van der Waals surface area contributed by atoms with E-state index in [1.54, 1.807) is 4.31 Å². The average molecular weight is 294 g/mol. The summed E-state index contributed by atoms with van der Waals surface area (Å²) in [5, 5.41) is -0.156. The van der Waals surface area contributed by atoms with Crippen LogP contribution < -0.4 is 5.73 Å². The highest BCUT2D eigenvalue weighted by Gasteiger charge is 2.41. The van der Waals surface area contributed by atoms with Crippen molar-refractivity contribution in [1.29, 1.82) is 0 Å². The third-order valence-electron chi connectivity index (χ3n) is 4.32. The molecule has 1 aromatic rings. The molecule has 2 aliphatic carbocycles. The standard InChI is InChI=1S/C15H22N2O2S/c16-13-7-5-12(6-8-13)11-17(14-9-10-14)20(18,19)15-3-1-2-4-15/h5-8,14-15H,1-4,9-11,16H2. The van der Waals surface area contributed by atoms with Gasteiger partial charge in [-0.1, -0.05) is 25.0 Å². The molecule has 0 heterocycles. The quantitative estimate of drug-likeness (QED) is 0.849. The van der Waals surface area contributed by atoms with Crippen molar-refractivity contribution >= 4 is 15.7 Å². The number of anilines is 1. The predicted octanol–water partition coefficient (Wildman–Crippen LogP) is 2.51. The monoisotopic (exact) mass is 294 g/mol. The molecule has 2 aliphatic rings. The Hall–Kier alpha value is -1.07. The fraction of sp³-hybridized carbons (Fsp3) is 0.600. The molecular formula is C15H22N2O2S. The maximum absolute atomic E-state index is 12.8. The summed E-state index contributed by atoms with van der Waals surface area (Å²) in [6.07, 6.45) is 5.75. The van der Waals surface area contributed by atoms with E-state index in [0.29, 0.717) is 12.2 Å². The third-order valence-corrected chi connectivity index (χ3v) is 6.72. The van der Waals surface area contributed by atoms with Crippen LogP contribution in [0.5, 0.6) is 0 Å². The zero-order chi connectivity index (χ0) is 14.2. The Kier molecular flexibility index (Phi) is 3.73. The molecule has 5 heteroatoms. The lowest BCUT2D eigenvalue weighted by atomic mass is 10.2. The van der Waals surface area contributed by atoms with Crippen LogP contribution in [-0.2, 0) is 16.6 Å². The van der Waals surface area contributed by atoms with Crippen LogP contribution in [0.1, 0.15) is 44.1 Å². The summed E-state index contributed by atoms with van der Waals surface area (Å²) in [5.41, 5.74) is 7.42. The molecule has 2 N–H and O–H groups in total. The molecule has 0 spiro atoms. The van der Waals surface area contributed by atoms with E-state index in [4.69, 9.17) is 5.73 Å². The van der Waals surface area contributed by atoms with Crippen LogP contribution in [-0.4, -0.2) is 24.0 Å². The molecule has 0 saturated heterocycles. The van der Waals surface area contributed by atoms with Gasteiger partial charge in [-0.25, -0.2) is 8.42 Å². The van der Waals surface area contributed by atoms with Crippen molar-refractivity contribution in [2.24, 2.45) is 0 Å². The van der Waals surface area contributed by atoms with Crippen LogP contribution in [0.15, 0.2) is 24.3 Å². The molecular weight excluding hydrogens is 272 g/mol. The molecule has 0 bridgehead atoms. The molecule has 20 heavy (non-hydrogen) atoms. The first kappa shape index (κ1) is 13.9. The molecule has 2 saturated carbocycles. The molecule has 0 radical (unpaired) electrons. The van der Waals surface area contributed by atoms with Crippen molar-refractivity contribution < 1.29 is 8.42 Å². The van der Waals surface area contributed by atoms with Gasteiger partial charge in [0.25, 0.3) is 0 Å². The number of nitrogens with zero attached hydrogens (tertiary/aromatic N) is 1. The normalized spacial score (nSPS) is 20.6. The minimum atomic E-state index is -3.14. The lowest BCUT2D eigenvalue weighted by molar-refractivity contribution is 0.391. The van der Waals surface area contributed by atoms with Crippen molar-refractivity contribution in [3.8, 4) is 0 Å². The second-order valence-corrected chi connectivity index (χ2v) is 8.14. The zero-order valence-electron chi connectivity index (χ0n) is 11.7. The van der Waals surface area contributed by atoms with Crippen LogP contribution >= 0.6 is 0 Å². The van der Waals surface area contributed by atoms with Crippen LogP contribution in [0.25, 0.3) is 0 Å². The minimum absolute atomic E-state index is 0.156. The second-order valence-electron chi connectivity index (χ2n) is 5.97. The molecule has 0 unspecified atom stereocenters. The number of sulfonamides is 1. The number of nitrogen functional groups attached to an aromatic ring is 1. The molecule has 2 fully saturated rings. The third kappa shape index (κ3) is 2.83. The van der Waals surface area contributed by atoms with Crippen LogP contribution in [0, 0.1) is 0 Å². The van der Waals surface area contributed by atoms with Gasteiger partial charge in [-0.3, -0.25) is 0 Å². The van der Waals surface area contributed by atoms with Crippen molar-refractivity contribution in [1.82, 2.24) is 4.31 Å². The summed E-state index contributed by atoms with van der Waals surface area (Å²) in [6, 6.07) is 7.74. The van der Waals surface area contributed by atoms with Gasteiger partial charge < -0.3 is 5.73 Å². The SMILES string of the molecule is Nc1ccc(CN(C2CC2)S(=O)(=O)C2CCCC2)cc1. The highest BCUT2D eigenvalue weighted by molar-refractivity contribution is 7.89. The van der Waals surface area contributed by atoms with Gasteiger partial charge in [0.2, 0.25) is 10.0 Å². The second kappa shape index (κ2) is 5.37. The molecule has 0 aliphatic heterocycles. The highest BCUT2D eigenvalue weighted by Crippen LogP contribution is 2.36. The molecule has 0 amide bonds. The maximum Gasteiger partial charge on any atom is 0.217 e. The lowest BCUT2D eigenvalue weighted by Gasteiger charge is -2.25. The summed E-state index contributed by atoms with van der Waals surface area (Å²) in [4.78, 5) is 0. The number of benzene rings is 1. The van der Waals surface area contributed by atoms with Gasteiger partial charge in [-0.05, 0) is 43.4 Å². The Balaban J connectivity index is 1.80. The van der Waals surface area contributed by atoms with E-state index in [1.165, 1.54) is 0 Å². The van der Waals surface area contributed by atoms with E-state index < -0.39 is 10.0 Å². The minimum Gasteiger partial charge on any atom is -0.399 e. The number of rotatable bonds is 5. The summed E-state index contributed by atoms with van der Waals surface area (Å²) < 4.78 is 27.3. The molecule has 4 nitrogen and oxygen atoms in total. The summed E-state index contributed by atoms with van der Waals surface area (Å²) in [5.74, 6) is 0. The van der Waals surface area contributed by atoms with E-state index in [-0.39, 0.29) is 11.3 Å². The van der Waals surface area contributed by atoms with Gasteiger partial charge in [0, 0.05) is 18.3 Å². The van der Waals surface area contributed by atoms with Gasteiger partial charge in [-0.2, -0.15) is 4.31 Å². The number of nitrogens with two attached hydrogens (primary N) is 1. The maximum atomic E-state index is 12.8. The number of hydrogen-bond acceptors (Lipinski definition) is 3. The largest absolute Gasteiger partial charge is 0.399 e.